The van der Waals surface area contributed by atoms with Gasteiger partial charge in [-0.05, 0) is 62.3 Å². The number of amides is 1. The molecule has 6 nitrogen and oxygen atoms in total. The van der Waals surface area contributed by atoms with E-state index in [1.165, 1.54) is 19.3 Å². The molecule has 6 heteroatoms. The fraction of sp³-hybridized carbons (Fsp3) is 0.556. The van der Waals surface area contributed by atoms with E-state index in [-0.39, 0.29) is 11.3 Å². The van der Waals surface area contributed by atoms with Gasteiger partial charge in [-0.15, -0.1) is 0 Å². The molecule has 6 rings (SSSR count). The van der Waals surface area contributed by atoms with E-state index < -0.39 is 0 Å². The summed E-state index contributed by atoms with van der Waals surface area (Å²) in [6.45, 7) is 0. The molecular weight excluding hydrogens is 302 g/mol. The molecule has 24 heavy (non-hydrogen) atoms. The highest BCUT2D eigenvalue weighted by Gasteiger charge is 2.54. The van der Waals surface area contributed by atoms with Crippen LogP contribution in [0, 0.1) is 23.2 Å². The quantitative estimate of drug-likeness (QED) is 0.942. The van der Waals surface area contributed by atoms with Crippen LogP contribution in [0.3, 0.4) is 0 Å². The van der Waals surface area contributed by atoms with Crippen molar-refractivity contribution in [3.63, 3.8) is 0 Å². The van der Waals surface area contributed by atoms with Gasteiger partial charge in [-0.1, -0.05) is 0 Å². The third kappa shape index (κ3) is 2.24. The highest BCUT2D eigenvalue weighted by Crippen LogP contribution is 2.60. The Balaban J connectivity index is 1.33. The predicted octanol–water partition coefficient (Wildman–Crippen LogP) is 2.82. The molecule has 2 aromatic heterocycles. The number of anilines is 1. The molecular formula is C18H21N5O. The largest absolute Gasteiger partial charge is 0.323 e. The fourth-order valence-electron chi connectivity index (χ4n) is 5.54. The van der Waals surface area contributed by atoms with Crippen LogP contribution in [0.1, 0.15) is 38.5 Å². The molecule has 4 saturated carbocycles. The topological polar surface area (TPSA) is 72.7 Å². The fourth-order valence-corrected chi connectivity index (χ4v) is 5.54. The molecule has 0 unspecified atom stereocenters. The second-order valence-electron chi connectivity index (χ2n) is 7.87. The van der Waals surface area contributed by atoms with E-state index in [0.717, 1.165) is 37.0 Å². The van der Waals surface area contributed by atoms with Crippen molar-refractivity contribution < 1.29 is 4.79 Å². The van der Waals surface area contributed by atoms with Gasteiger partial charge in [0.15, 0.2) is 0 Å². The first-order valence-electron chi connectivity index (χ1n) is 8.84. The Morgan fingerprint density at radius 1 is 1.08 bits per heavy atom. The molecule has 0 radical (unpaired) electrons. The lowest BCUT2D eigenvalue weighted by Gasteiger charge is -2.55. The molecule has 0 spiro atoms. The van der Waals surface area contributed by atoms with Crippen molar-refractivity contribution in [2.75, 3.05) is 5.32 Å². The molecule has 4 aliphatic rings. The lowest BCUT2D eigenvalue weighted by atomic mass is 9.49. The molecule has 1 N–H and O–H groups in total. The Labute approximate surface area is 140 Å². The van der Waals surface area contributed by atoms with E-state index >= 15 is 0 Å². The van der Waals surface area contributed by atoms with Crippen molar-refractivity contribution in [1.29, 1.82) is 0 Å². The number of nitrogens with zero attached hydrogens (tertiary/aromatic N) is 4. The standard InChI is InChI=1S/C18H21N5O/c24-16(18-7-12-4-13(8-18)6-14(5-12)9-18)22-15-10-19-17(20-11-15)23-3-1-2-21-23/h1-3,10-14H,4-9H2,(H,22,24). The van der Waals surface area contributed by atoms with Crippen LogP contribution in [0.4, 0.5) is 5.69 Å². The second-order valence-corrected chi connectivity index (χ2v) is 7.87. The van der Waals surface area contributed by atoms with Crippen LogP contribution in [0.5, 0.6) is 0 Å². The highest BCUT2D eigenvalue weighted by atomic mass is 16.2. The maximum atomic E-state index is 13.0. The molecule has 2 heterocycles. The Morgan fingerprint density at radius 2 is 1.71 bits per heavy atom. The maximum Gasteiger partial charge on any atom is 0.250 e. The molecule has 0 aromatic carbocycles. The van der Waals surface area contributed by atoms with Crippen molar-refractivity contribution in [3.8, 4) is 5.95 Å². The third-order valence-corrected chi connectivity index (χ3v) is 6.13. The number of rotatable bonds is 3. The summed E-state index contributed by atoms with van der Waals surface area (Å²) in [5.74, 6) is 2.98. The Bertz CT molecular complexity index is 717. The zero-order valence-electron chi connectivity index (χ0n) is 13.6. The number of hydrogen-bond acceptors (Lipinski definition) is 4. The number of aromatic nitrogens is 4. The Hall–Kier alpha value is -2.24. The minimum atomic E-state index is -0.143. The smallest absolute Gasteiger partial charge is 0.250 e. The first-order chi connectivity index (χ1) is 11.7. The highest BCUT2D eigenvalue weighted by molar-refractivity contribution is 5.95. The van der Waals surface area contributed by atoms with Gasteiger partial charge < -0.3 is 5.32 Å². The van der Waals surface area contributed by atoms with Gasteiger partial charge >= 0.3 is 0 Å². The normalized spacial score (nSPS) is 33.6. The summed E-state index contributed by atoms with van der Waals surface area (Å²) in [7, 11) is 0. The lowest BCUT2D eigenvalue weighted by molar-refractivity contribution is -0.140. The van der Waals surface area contributed by atoms with Gasteiger partial charge in [0.05, 0.1) is 23.5 Å². The maximum absolute atomic E-state index is 13.0. The van der Waals surface area contributed by atoms with Crippen LogP contribution in [-0.2, 0) is 4.79 Å². The van der Waals surface area contributed by atoms with Crippen LogP contribution in [0.15, 0.2) is 30.9 Å². The van der Waals surface area contributed by atoms with Crippen molar-refractivity contribution in [3.05, 3.63) is 30.9 Å². The summed E-state index contributed by atoms with van der Waals surface area (Å²) in [6, 6.07) is 1.83. The first kappa shape index (κ1) is 14.1. The lowest BCUT2D eigenvalue weighted by Crippen LogP contribution is -2.51. The molecule has 4 fully saturated rings. The van der Waals surface area contributed by atoms with Crippen LogP contribution in [0.2, 0.25) is 0 Å². The molecule has 0 saturated heterocycles. The Morgan fingerprint density at radius 3 is 2.25 bits per heavy atom. The molecule has 4 bridgehead atoms. The summed E-state index contributed by atoms with van der Waals surface area (Å²) >= 11 is 0. The van der Waals surface area contributed by atoms with E-state index in [9.17, 15) is 4.79 Å². The van der Waals surface area contributed by atoms with Gasteiger partial charge in [0, 0.05) is 12.4 Å². The summed E-state index contributed by atoms with van der Waals surface area (Å²) in [6.07, 6.45) is 14.0. The van der Waals surface area contributed by atoms with E-state index in [2.05, 4.69) is 20.4 Å². The monoisotopic (exact) mass is 323 g/mol. The van der Waals surface area contributed by atoms with E-state index in [1.807, 2.05) is 6.07 Å². The molecule has 1 amide bonds. The van der Waals surface area contributed by atoms with E-state index in [1.54, 1.807) is 29.5 Å². The number of nitrogens with one attached hydrogen (secondary N) is 1. The Kier molecular flexibility index (Phi) is 3.02. The third-order valence-electron chi connectivity index (χ3n) is 6.13. The predicted molar refractivity (Wildman–Crippen MR) is 88.4 cm³/mol. The van der Waals surface area contributed by atoms with Gasteiger partial charge in [0.1, 0.15) is 0 Å². The van der Waals surface area contributed by atoms with Crippen molar-refractivity contribution >= 4 is 11.6 Å². The van der Waals surface area contributed by atoms with Gasteiger partial charge in [-0.2, -0.15) is 5.10 Å². The van der Waals surface area contributed by atoms with Gasteiger partial charge in [-0.25, -0.2) is 14.6 Å². The van der Waals surface area contributed by atoms with Crippen molar-refractivity contribution in [1.82, 2.24) is 19.7 Å². The number of carbonyl (C=O) groups excluding carboxylic acids is 1. The summed E-state index contributed by atoms with van der Waals surface area (Å²) in [5.41, 5.74) is 0.529. The SMILES string of the molecule is O=C(Nc1cnc(-n2cccn2)nc1)C12CC3CC(CC(C3)C1)C2. The summed E-state index contributed by atoms with van der Waals surface area (Å²) in [5, 5.41) is 7.19. The van der Waals surface area contributed by atoms with E-state index in [0.29, 0.717) is 11.6 Å². The van der Waals surface area contributed by atoms with Gasteiger partial charge in [-0.3, -0.25) is 4.79 Å². The van der Waals surface area contributed by atoms with Gasteiger partial charge in [0.25, 0.3) is 5.95 Å². The first-order valence-corrected chi connectivity index (χ1v) is 8.84. The van der Waals surface area contributed by atoms with Crippen LogP contribution in [0.25, 0.3) is 5.95 Å². The molecule has 0 aliphatic heterocycles. The number of hydrogen-bond donors (Lipinski definition) is 1. The van der Waals surface area contributed by atoms with Crippen molar-refractivity contribution in [2.24, 2.45) is 23.2 Å². The van der Waals surface area contributed by atoms with Crippen LogP contribution in [-0.4, -0.2) is 25.7 Å². The van der Waals surface area contributed by atoms with Crippen LogP contribution < -0.4 is 5.32 Å². The zero-order chi connectivity index (χ0) is 16.1. The second kappa shape index (κ2) is 5.13. The molecule has 124 valence electrons. The molecule has 4 aliphatic carbocycles. The van der Waals surface area contributed by atoms with E-state index in [4.69, 9.17) is 0 Å². The molecule has 2 aromatic rings. The summed E-state index contributed by atoms with van der Waals surface area (Å²) < 4.78 is 1.60. The average molecular weight is 323 g/mol. The minimum Gasteiger partial charge on any atom is -0.323 e. The minimum absolute atomic E-state index is 0.143. The number of carbonyl (C=O) groups is 1. The zero-order valence-corrected chi connectivity index (χ0v) is 13.6. The van der Waals surface area contributed by atoms with Gasteiger partial charge in [0.2, 0.25) is 5.91 Å². The van der Waals surface area contributed by atoms with Crippen molar-refractivity contribution in [2.45, 2.75) is 38.5 Å². The summed E-state index contributed by atoms with van der Waals surface area (Å²) in [4.78, 5) is 21.6. The molecule has 0 atom stereocenters. The average Bonchev–Trinajstić information content (AvgIpc) is 3.09. The van der Waals surface area contributed by atoms with Crippen LogP contribution >= 0.6 is 0 Å².